The number of benzene rings is 1. The Morgan fingerprint density at radius 3 is 2.48 bits per heavy atom. The summed E-state index contributed by atoms with van der Waals surface area (Å²) >= 11 is 0. The number of anilines is 1. The van der Waals surface area contributed by atoms with Gasteiger partial charge in [-0.3, -0.25) is 4.79 Å². The van der Waals surface area contributed by atoms with Crippen LogP contribution >= 0.6 is 0 Å². The van der Waals surface area contributed by atoms with Gasteiger partial charge in [-0.15, -0.1) is 0 Å². The van der Waals surface area contributed by atoms with E-state index in [0.717, 1.165) is 5.56 Å². The molecule has 2 N–H and O–H groups in total. The van der Waals surface area contributed by atoms with Crippen LogP contribution in [0.2, 0.25) is 0 Å². The lowest BCUT2D eigenvalue weighted by molar-refractivity contribution is 0.711. The standard InChI is InChI=1S/C16H12N6O/c1-22-13(23)8-7-11(21-22)15-14(10-5-3-2-4-6-10)20-16(18)12(9-17)19-15/h2-8H,1H3,(H2,18,20). The number of hydrogen-bond donors (Lipinski definition) is 1. The summed E-state index contributed by atoms with van der Waals surface area (Å²) in [4.78, 5) is 20.1. The molecule has 0 radical (unpaired) electrons. The first kappa shape index (κ1) is 14.4. The van der Waals surface area contributed by atoms with Crippen molar-refractivity contribution in [1.82, 2.24) is 19.7 Å². The summed E-state index contributed by atoms with van der Waals surface area (Å²) in [5, 5.41) is 13.3. The second-order valence-electron chi connectivity index (χ2n) is 4.81. The molecule has 0 amide bonds. The number of rotatable bonds is 2. The molecule has 0 bridgehead atoms. The van der Waals surface area contributed by atoms with Crippen molar-refractivity contribution in [1.29, 1.82) is 5.26 Å². The number of aromatic nitrogens is 4. The number of nitrogens with zero attached hydrogens (tertiary/aromatic N) is 5. The molecule has 0 spiro atoms. The summed E-state index contributed by atoms with van der Waals surface area (Å²) in [5.41, 5.74) is 7.73. The first-order valence-electron chi connectivity index (χ1n) is 6.78. The van der Waals surface area contributed by atoms with Crippen LogP contribution in [0.4, 0.5) is 5.82 Å². The van der Waals surface area contributed by atoms with E-state index in [1.807, 2.05) is 36.4 Å². The van der Waals surface area contributed by atoms with Crippen molar-refractivity contribution in [3.05, 3.63) is 58.5 Å². The summed E-state index contributed by atoms with van der Waals surface area (Å²) in [6, 6.07) is 14.2. The molecule has 0 unspecified atom stereocenters. The third kappa shape index (κ3) is 2.65. The number of hydrogen-bond acceptors (Lipinski definition) is 6. The van der Waals surface area contributed by atoms with Gasteiger partial charge < -0.3 is 5.73 Å². The normalized spacial score (nSPS) is 10.3. The van der Waals surface area contributed by atoms with Gasteiger partial charge >= 0.3 is 0 Å². The molecule has 3 rings (SSSR count). The predicted molar refractivity (Wildman–Crippen MR) is 85.1 cm³/mol. The quantitative estimate of drug-likeness (QED) is 0.765. The average Bonchev–Trinajstić information content (AvgIpc) is 2.58. The van der Waals surface area contributed by atoms with Crippen molar-refractivity contribution in [2.75, 3.05) is 5.73 Å². The average molecular weight is 304 g/mol. The fourth-order valence-electron chi connectivity index (χ4n) is 2.14. The summed E-state index contributed by atoms with van der Waals surface area (Å²) in [7, 11) is 1.55. The highest BCUT2D eigenvalue weighted by Gasteiger charge is 2.16. The van der Waals surface area contributed by atoms with E-state index in [1.54, 1.807) is 13.1 Å². The third-order valence-corrected chi connectivity index (χ3v) is 3.28. The van der Waals surface area contributed by atoms with Crippen LogP contribution in [0.1, 0.15) is 5.69 Å². The van der Waals surface area contributed by atoms with Crippen LogP contribution in [0, 0.1) is 11.3 Å². The molecule has 7 heteroatoms. The first-order valence-corrected chi connectivity index (χ1v) is 6.78. The molecule has 7 nitrogen and oxygen atoms in total. The molecule has 2 heterocycles. The lowest BCUT2D eigenvalue weighted by Crippen LogP contribution is -2.18. The Morgan fingerprint density at radius 1 is 1.09 bits per heavy atom. The van der Waals surface area contributed by atoms with E-state index in [0.29, 0.717) is 17.1 Å². The predicted octanol–water partition coefficient (Wildman–Crippen LogP) is 1.36. The second-order valence-corrected chi connectivity index (χ2v) is 4.81. The number of nitrogens with two attached hydrogens (primary N) is 1. The maximum atomic E-state index is 11.5. The topological polar surface area (TPSA) is 110 Å². The van der Waals surface area contributed by atoms with Gasteiger partial charge in [0.25, 0.3) is 5.56 Å². The molecule has 112 valence electrons. The van der Waals surface area contributed by atoms with Crippen LogP contribution in [0.5, 0.6) is 0 Å². The summed E-state index contributed by atoms with van der Waals surface area (Å²) in [6.45, 7) is 0. The van der Waals surface area contributed by atoms with Gasteiger partial charge in [-0.1, -0.05) is 30.3 Å². The molecule has 0 aliphatic carbocycles. The molecule has 0 atom stereocenters. The second kappa shape index (κ2) is 5.69. The minimum Gasteiger partial charge on any atom is -0.381 e. The van der Waals surface area contributed by atoms with E-state index >= 15 is 0 Å². The molecule has 0 saturated heterocycles. The molecular formula is C16H12N6O. The van der Waals surface area contributed by atoms with Gasteiger partial charge in [-0.2, -0.15) is 10.4 Å². The summed E-state index contributed by atoms with van der Waals surface area (Å²) in [5.74, 6) is 0.0555. The molecule has 1 aromatic carbocycles. The van der Waals surface area contributed by atoms with Crippen molar-refractivity contribution in [2.45, 2.75) is 0 Å². The van der Waals surface area contributed by atoms with Gasteiger partial charge in [0.2, 0.25) is 0 Å². The Kier molecular flexibility index (Phi) is 3.57. The highest BCUT2D eigenvalue weighted by atomic mass is 16.1. The van der Waals surface area contributed by atoms with E-state index in [2.05, 4.69) is 15.1 Å². The maximum absolute atomic E-state index is 11.5. The van der Waals surface area contributed by atoms with Crippen LogP contribution in [0.3, 0.4) is 0 Å². The lowest BCUT2D eigenvalue weighted by atomic mass is 10.1. The SMILES string of the molecule is Cn1nc(-c2nc(C#N)c(N)nc2-c2ccccc2)ccc1=O. The fraction of sp³-hybridized carbons (Fsp3) is 0.0625. The zero-order valence-corrected chi connectivity index (χ0v) is 12.3. The fourth-order valence-corrected chi connectivity index (χ4v) is 2.14. The van der Waals surface area contributed by atoms with E-state index in [4.69, 9.17) is 11.0 Å². The van der Waals surface area contributed by atoms with E-state index in [1.165, 1.54) is 10.7 Å². The lowest BCUT2D eigenvalue weighted by Gasteiger charge is -2.10. The minimum atomic E-state index is -0.237. The number of aryl methyl sites for hydroxylation is 1. The van der Waals surface area contributed by atoms with Crippen LogP contribution < -0.4 is 11.3 Å². The van der Waals surface area contributed by atoms with Gasteiger partial charge in [-0.25, -0.2) is 14.6 Å². The zero-order valence-electron chi connectivity index (χ0n) is 12.3. The van der Waals surface area contributed by atoms with Crippen LogP contribution in [0.15, 0.2) is 47.3 Å². The van der Waals surface area contributed by atoms with Gasteiger partial charge in [0.05, 0.1) is 0 Å². The van der Waals surface area contributed by atoms with Gasteiger partial charge in [0.15, 0.2) is 11.5 Å². The van der Waals surface area contributed by atoms with Crippen molar-refractivity contribution in [3.63, 3.8) is 0 Å². The van der Waals surface area contributed by atoms with E-state index in [-0.39, 0.29) is 17.1 Å². The van der Waals surface area contributed by atoms with Crippen LogP contribution in [0.25, 0.3) is 22.6 Å². The largest absolute Gasteiger partial charge is 0.381 e. The van der Waals surface area contributed by atoms with E-state index < -0.39 is 0 Å². The van der Waals surface area contributed by atoms with Crippen molar-refractivity contribution >= 4 is 5.82 Å². The molecule has 0 fully saturated rings. The number of nitrogen functional groups attached to an aromatic ring is 1. The molecule has 3 aromatic rings. The highest BCUT2D eigenvalue weighted by molar-refractivity contribution is 5.77. The third-order valence-electron chi connectivity index (χ3n) is 3.28. The Labute approximate surface area is 131 Å². The highest BCUT2D eigenvalue weighted by Crippen LogP contribution is 2.28. The molecule has 2 aromatic heterocycles. The van der Waals surface area contributed by atoms with Gasteiger partial charge in [-0.05, 0) is 6.07 Å². The zero-order chi connectivity index (χ0) is 16.4. The molecular weight excluding hydrogens is 292 g/mol. The van der Waals surface area contributed by atoms with Crippen LogP contribution in [-0.2, 0) is 7.05 Å². The molecule has 0 aliphatic rings. The Bertz CT molecular complexity index is 972. The maximum Gasteiger partial charge on any atom is 0.266 e. The number of nitriles is 1. The van der Waals surface area contributed by atoms with Gasteiger partial charge in [0, 0.05) is 18.7 Å². The van der Waals surface area contributed by atoms with E-state index in [9.17, 15) is 4.79 Å². The smallest absolute Gasteiger partial charge is 0.266 e. The Morgan fingerprint density at radius 2 is 1.83 bits per heavy atom. The van der Waals surface area contributed by atoms with Gasteiger partial charge in [0.1, 0.15) is 23.2 Å². The Hall–Kier alpha value is -3.53. The monoisotopic (exact) mass is 304 g/mol. The Balaban J connectivity index is 2.31. The van der Waals surface area contributed by atoms with Crippen molar-refractivity contribution in [2.24, 2.45) is 7.05 Å². The summed E-state index contributed by atoms with van der Waals surface area (Å²) in [6.07, 6.45) is 0. The van der Waals surface area contributed by atoms with Crippen molar-refractivity contribution < 1.29 is 0 Å². The summed E-state index contributed by atoms with van der Waals surface area (Å²) < 4.78 is 1.20. The molecule has 0 saturated carbocycles. The molecule has 0 aliphatic heterocycles. The minimum absolute atomic E-state index is 0.0235. The first-order chi connectivity index (χ1) is 11.1. The molecule has 23 heavy (non-hydrogen) atoms. The van der Waals surface area contributed by atoms with Crippen LogP contribution in [-0.4, -0.2) is 19.7 Å². The van der Waals surface area contributed by atoms with Crippen molar-refractivity contribution in [3.8, 4) is 28.7 Å².